The molecular formula is C19H20Cl2N2O2. The lowest BCUT2D eigenvalue weighted by atomic mass is 10.1. The number of carbonyl (C=O) groups is 2. The molecular weight excluding hydrogens is 359 g/mol. The van der Waals surface area contributed by atoms with Crippen LogP contribution in [0.2, 0.25) is 10.0 Å². The van der Waals surface area contributed by atoms with E-state index in [-0.39, 0.29) is 23.8 Å². The first-order valence-electron chi connectivity index (χ1n) is 7.81. The molecule has 2 rings (SSSR count). The quantitative estimate of drug-likeness (QED) is 0.809. The van der Waals surface area contributed by atoms with Crippen molar-refractivity contribution in [1.29, 1.82) is 0 Å². The largest absolute Gasteiger partial charge is 0.347 e. The maximum absolute atomic E-state index is 12.2. The Labute approximate surface area is 157 Å². The molecule has 0 saturated heterocycles. The van der Waals surface area contributed by atoms with Crippen molar-refractivity contribution in [3.63, 3.8) is 0 Å². The number of benzene rings is 2. The summed E-state index contributed by atoms with van der Waals surface area (Å²) in [5.74, 6) is -0.393. The summed E-state index contributed by atoms with van der Waals surface area (Å²) in [6.07, 6.45) is 0.0742. The van der Waals surface area contributed by atoms with Crippen molar-refractivity contribution in [2.24, 2.45) is 0 Å². The molecule has 6 heteroatoms. The Morgan fingerprint density at radius 3 is 2.04 bits per heavy atom. The number of halogens is 2. The molecule has 0 aliphatic heterocycles. The molecule has 0 heterocycles. The molecule has 2 N–H and O–H groups in total. The average molecular weight is 379 g/mol. The fraction of sp³-hybridized carbons (Fsp3) is 0.263. The van der Waals surface area contributed by atoms with Gasteiger partial charge in [-0.25, -0.2) is 0 Å². The molecule has 0 atom stereocenters. The van der Waals surface area contributed by atoms with Gasteiger partial charge in [0.2, 0.25) is 5.91 Å². The number of hydrogen-bond donors (Lipinski definition) is 2. The van der Waals surface area contributed by atoms with E-state index < -0.39 is 0 Å². The lowest BCUT2D eigenvalue weighted by molar-refractivity contribution is -0.115. The van der Waals surface area contributed by atoms with Gasteiger partial charge in [0, 0.05) is 26.8 Å². The van der Waals surface area contributed by atoms with E-state index in [4.69, 9.17) is 23.2 Å². The highest BCUT2D eigenvalue weighted by molar-refractivity contribution is 6.36. The van der Waals surface area contributed by atoms with Crippen LogP contribution in [0, 0.1) is 0 Å². The number of carbonyl (C=O) groups excluding carboxylic acids is 2. The maximum Gasteiger partial charge on any atom is 0.251 e. The molecule has 2 amide bonds. The summed E-state index contributed by atoms with van der Waals surface area (Å²) in [6, 6.07) is 11.8. The van der Waals surface area contributed by atoms with Gasteiger partial charge in [0.05, 0.1) is 6.42 Å². The average Bonchev–Trinajstić information content (AvgIpc) is 2.50. The van der Waals surface area contributed by atoms with Gasteiger partial charge in [0.1, 0.15) is 0 Å². The van der Waals surface area contributed by atoms with E-state index in [1.165, 1.54) is 0 Å². The summed E-state index contributed by atoms with van der Waals surface area (Å²) in [7, 11) is 0. The SMILES string of the molecule is CC(C)(C)NC(=O)c1ccc(NC(=O)Cc2c(Cl)cccc2Cl)cc1. The first-order chi connectivity index (χ1) is 11.7. The van der Waals surface area contributed by atoms with Crippen LogP contribution in [-0.4, -0.2) is 17.4 Å². The fourth-order valence-electron chi connectivity index (χ4n) is 2.18. The highest BCUT2D eigenvalue weighted by Crippen LogP contribution is 2.25. The van der Waals surface area contributed by atoms with Crippen LogP contribution in [0.15, 0.2) is 42.5 Å². The van der Waals surface area contributed by atoms with Crippen molar-refractivity contribution in [3.8, 4) is 0 Å². The zero-order valence-corrected chi connectivity index (χ0v) is 15.8. The monoisotopic (exact) mass is 378 g/mol. The Kier molecular flexibility index (Phi) is 6.09. The molecule has 132 valence electrons. The van der Waals surface area contributed by atoms with Gasteiger partial charge in [0.25, 0.3) is 5.91 Å². The van der Waals surface area contributed by atoms with Crippen LogP contribution < -0.4 is 10.6 Å². The molecule has 25 heavy (non-hydrogen) atoms. The van der Waals surface area contributed by atoms with Gasteiger partial charge in [-0.05, 0) is 62.7 Å². The molecule has 2 aromatic rings. The second-order valence-corrected chi connectivity index (χ2v) is 7.52. The van der Waals surface area contributed by atoms with Crippen molar-refractivity contribution >= 4 is 40.7 Å². The van der Waals surface area contributed by atoms with E-state index in [9.17, 15) is 9.59 Å². The minimum absolute atomic E-state index is 0.0742. The Morgan fingerprint density at radius 1 is 0.960 bits per heavy atom. The Bertz CT molecular complexity index is 761. The molecule has 4 nitrogen and oxygen atoms in total. The van der Waals surface area contributed by atoms with Gasteiger partial charge in [-0.1, -0.05) is 29.3 Å². The topological polar surface area (TPSA) is 58.2 Å². The van der Waals surface area contributed by atoms with E-state index >= 15 is 0 Å². The first kappa shape index (κ1) is 19.3. The predicted octanol–water partition coefficient (Wildman–Crippen LogP) is 4.70. The van der Waals surface area contributed by atoms with Crippen molar-refractivity contribution in [2.45, 2.75) is 32.7 Å². The Hall–Kier alpha value is -2.04. The molecule has 2 aromatic carbocycles. The molecule has 0 fully saturated rings. The van der Waals surface area contributed by atoms with Gasteiger partial charge >= 0.3 is 0 Å². The third-order valence-electron chi connectivity index (χ3n) is 3.32. The predicted molar refractivity (Wildman–Crippen MR) is 102 cm³/mol. The Morgan fingerprint density at radius 2 is 1.52 bits per heavy atom. The van der Waals surface area contributed by atoms with E-state index in [1.54, 1.807) is 42.5 Å². The van der Waals surface area contributed by atoms with Gasteiger partial charge in [0.15, 0.2) is 0 Å². The molecule has 0 bridgehead atoms. The highest BCUT2D eigenvalue weighted by Gasteiger charge is 2.15. The molecule has 0 aromatic heterocycles. The van der Waals surface area contributed by atoms with Crippen LogP contribution in [0.1, 0.15) is 36.7 Å². The van der Waals surface area contributed by atoms with Crippen LogP contribution in [0.25, 0.3) is 0 Å². The number of amides is 2. The van der Waals surface area contributed by atoms with E-state index in [2.05, 4.69) is 10.6 Å². The lowest BCUT2D eigenvalue weighted by Crippen LogP contribution is -2.40. The molecule has 0 aliphatic rings. The number of rotatable bonds is 4. The second kappa shape index (κ2) is 7.89. The van der Waals surface area contributed by atoms with Crippen molar-refractivity contribution in [3.05, 3.63) is 63.6 Å². The minimum Gasteiger partial charge on any atom is -0.347 e. The lowest BCUT2D eigenvalue weighted by Gasteiger charge is -2.20. The first-order valence-corrected chi connectivity index (χ1v) is 8.56. The highest BCUT2D eigenvalue weighted by atomic mass is 35.5. The summed E-state index contributed by atoms with van der Waals surface area (Å²) in [6.45, 7) is 5.75. The summed E-state index contributed by atoms with van der Waals surface area (Å²) in [5.41, 5.74) is 1.41. The summed E-state index contributed by atoms with van der Waals surface area (Å²) < 4.78 is 0. The zero-order chi connectivity index (χ0) is 18.6. The molecule has 0 unspecified atom stereocenters. The molecule has 0 saturated carbocycles. The summed E-state index contributed by atoms with van der Waals surface area (Å²) in [5, 5.41) is 6.57. The van der Waals surface area contributed by atoms with Crippen LogP contribution in [0.3, 0.4) is 0 Å². The third kappa shape index (κ3) is 5.76. The maximum atomic E-state index is 12.2. The Balaban J connectivity index is 2.01. The van der Waals surface area contributed by atoms with Gasteiger partial charge in [-0.3, -0.25) is 9.59 Å². The van der Waals surface area contributed by atoms with E-state index in [0.717, 1.165) is 0 Å². The van der Waals surface area contributed by atoms with Crippen LogP contribution >= 0.6 is 23.2 Å². The van der Waals surface area contributed by atoms with Crippen LogP contribution in [0.4, 0.5) is 5.69 Å². The van der Waals surface area contributed by atoms with Gasteiger partial charge in [-0.2, -0.15) is 0 Å². The normalized spacial score (nSPS) is 11.1. The van der Waals surface area contributed by atoms with E-state index in [0.29, 0.717) is 26.9 Å². The smallest absolute Gasteiger partial charge is 0.251 e. The number of hydrogen-bond acceptors (Lipinski definition) is 2. The van der Waals surface area contributed by atoms with Crippen LogP contribution in [0.5, 0.6) is 0 Å². The van der Waals surface area contributed by atoms with Crippen molar-refractivity contribution in [2.75, 3.05) is 5.32 Å². The molecule has 0 radical (unpaired) electrons. The number of anilines is 1. The van der Waals surface area contributed by atoms with Crippen LogP contribution in [-0.2, 0) is 11.2 Å². The third-order valence-corrected chi connectivity index (χ3v) is 4.03. The van der Waals surface area contributed by atoms with Crippen molar-refractivity contribution < 1.29 is 9.59 Å². The number of nitrogens with one attached hydrogen (secondary N) is 2. The zero-order valence-electron chi connectivity index (χ0n) is 14.3. The summed E-state index contributed by atoms with van der Waals surface area (Å²) in [4.78, 5) is 24.3. The van der Waals surface area contributed by atoms with Crippen molar-refractivity contribution in [1.82, 2.24) is 5.32 Å². The standard InChI is InChI=1S/C19H20Cl2N2O2/c1-19(2,3)23-18(25)12-7-9-13(10-8-12)22-17(24)11-14-15(20)5-4-6-16(14)21/h4-10H,11H2,1-3H3,(H,22,24)(H,23,25). The van der Waals surface area contributed by atoms with Gasteiger partial charge < -0.3 is 10.6 Å². The second-order valence-electron chi connectivity index (χ2n) is 6.71. The molecule has 0 aliphatic carbocycles. The van der Waals surface area contributed by atoms with Gasteiger partial charge in [-0.15, -0.1) is 0 Å². The fourth-order valence-corrected chi connectivity index (χ4v) is 2.72. The minimum atomic E-state index is -0.307. The summed E-state index contributed by atoms with van der Waals surface area (Å²) >= 11 is 12.2. The van der Waals surface area contributed by atoms with E-state index in [1.807, 2.05) is 20.8 Å². The molecule has 0 spiro atoms.